The van der Waals surface area contributed by atoms with E-state index >= 15 is 0 Å². The van der Waals surface area contributed by atoms with Gasteiger partial charge in [0, 0.05) is 10.5 Å². The third kappa shape index (κ3) is 3.98. The van der Waals surface area contributed by atoms with Gasteiger partial charge in [-0.25, -0.2) is 4.98 Å². The van der Waals surface area contributed by atoms with Gasteiger partial charge in [-0.15, -0.1) is 0 Å². The average Bonchev–Trinajstić information content (AvgIpc) is 2.75. The van der Waals surface area contributed by atoms with E-state index in [0.29, 0.717) is 20.9 Å². The highest BCUT2D eigenvalue weighted by Crippen LogP contribution is 2.38. The molecule has 11 heteroatoms. The summed E-state index contributed by atoms with van der Waals surface area (Å²) in [5.74, 6) is 0.172. The van der Waals surface area contributed by atoms with E-state index in [0.717, 1.165) is 18.2 Å². The second kappa shape index (κ2) is 7.95. The number of nitrogens with one attached hydrogen (secondary N) is 1. The van der Waals surface area contributed by atoms with Crippen LogP contribution in [-0.2, 0) is 0 Å². The third-order valence-corrected chi connectivity index (χ3v) is 4.87. The first-order valence-electron chi connectivity index (χ1n) is 8.73. The number of halogens is 1. The van der Waals surface area contributed by atoms with Crippen LogP contribution < -0.4 is 10.3 Å². The molecule has 0 fully saturated rings. The second-order valence-corrected chi connectivity index (χ2v) is 7.26. The zero-order valence-corrected chi connectivity index (χ0v) is 17.0. The molecule has 0 saturated heterocycles. The topological polar surface area (TPSA) is 141 Å². The number of ether oxygens (including phenoxy) is 1. The van der Waals surface area contributed by atoms with Gasteiger partial charge in [-0.3, -0.25) is 25.0 Å². The fourth-order valence-electron chi connectivity index (χ4n) is 2.96. The molecule has 10 nitrogen and oxygen atoms in total. The minimum absolute atomic E-state index is 0.165. The number of hydrogen-bond acceptors (Lipinski definition) is 7. The molecule has 1 N–H and O–H groups in total. The van der Waals surface area contributed by atoms with Gasteiger partial charge in [0.05, 0.1) is 32.4 Å². The lowest BCUT2D eigenvalue weighted by atomic mass is 10.1. The molecule has 4 aromatic rings. The maximum Gasteiger partial charge on any atom is 0.318 e. The minimum atomic E-state index is -0.767. The van der Waals surface area contributed by atoms with Gasteiger partial charge in [-0.05, 0) is 36.4 Å². The van der Waals surface area contributed by atoms with Crippen LogP contribution >= 0.6 is 15.9 Å². The largest absolute Gasteiger partial charge is 0.449 e. The quantitative estimate of drug-likeness (QED) is 0.312. The molecule has 0 spiro atoms. The number of nitro benzene ring substituents is 2. The van der Waals surface area contributed by atoms with Crippen LogP contribution in [0.15, 0.2) is 69.9 Å². The molecule has 0 aliphatic rings. The Morgan fingerprint density at radius 2 is 1.68 bits per heavy atom. The van der Waals surface area contributed by atoms with Crippen LogP contribution in [0.25, 0.3) is 22.3 Å². The number of benzene rings is 3. The fourth-order valence-corrected chi connectivity index (χ4v) is 3.32. The zero-order valence-electron chi connectivity index (χ0n) is 15.4. The van der Waals surface area contributed by atoms with Crippen molar-refractivity contribution in [2.45, 2.75) is 0 Å². The summed E-state index contributed by atoms with van der Waals surface area (Å²) in [6.45, 7) is 0. The fraction of sp³-hybridized carbons (Fsp3) is 0. The van der Waals surface area contributed by atoms with Crippen molar-refractivity contribution in [2.24, 2.45) is 0 Å². The predicted molar refractivity (Wildman–Crippen MR) is 115 cm³/mol. The van der Waals surface area contributed by atoms with E-state index in [4.69, 9.17) is 4.74 Å². The molecular formula is C20H11BrN4O6. The summed E-state index contributed by atoms with van der Waals surface area (Å²) in [5, 5.41) is 22.8. The Morgan fingerprint density at radius 1 is 0.935 bits per heavy atom. The van der Waals surface area contributed by atoms with Crippen molar-refractivity contribution in [3.05, 3.63) is 95.7 Å². The first-order valence-corrected chi connectivity index (χ1v) is 9.52. The van der Waals surface area contributed by atoms with E-state index in [2.05, 4.69) is 25.9 Å². The molecule has 4 rings (SSSR count). The Hall–Kier alpha value is -4.12. The number of fused-ring (bicyclic) bond motifs is 1. The number of aromatic amines is 1. The van der Waals surface area contributed by atoms with Crippen LogP contribution in [0.2, 0.25) is 0 Å². The maximum absolute atomic E-state index is 12.5. The van der Waals surface area contributed by atoms with E-state index in [-0.39, 0.29) is 22.9 Å². The summed E-state index contributed by atoms with van der Waals surface area (Å²) in [4.78, 5) is 40.5. The lowest BCUT2D eigenvalue weighted by Crippen LogP contribution is -2.09. The standard InChI is InChI=1S/C20H11BrN4O6/c21-11-5-7-17(31-18-8-6-12(24(27)28)10-16(18)25(29)30)14(9-11)19-22-15-4-2-1-3-13(15)20(26)23-19/h1-10H,(H,22,23,26). The molecule has 0 radical (unpaired) electrons. The first-order chi connectivity index (χ1) is 14.8. The van der Waals surface area contributed by atoms with Crippen molar-refractivity contribution in [1.29, 1.82) is 0 Å². The van der Waals surface area contributed by atoms with Crippen molar-refractivity contribution >= 4 is 38.2 Å². The minimum Gasteiger partial charge on any atom is -0.449 e. The molecule has 0 unspecified atom stereocenters. The summed E-state index contributed by atoms with van der Waals surface area (Å²) in [5.41, 5.74) is -0.523. The molecule has 0 amide bonds. The Balaban J connectivity index is 1.85. The van der Waals surface area contributed by atoms with E-state index in [1.54, 1.807) is 42.5 Å². The highest BCUT2D eigenvalue weighted by atomic mass is 79.9. The van der Waals surface area contributed by atoms with Crippen LogP contribution in [0.5, 0.6) is 11.5 Å². The van der Waals surface area contributed by atoms with Crippen LogP contribution in [0.3, 0.4) is 0 Å². The number of H-pyrrole nitrogens is 1. The summed E-state index contributed by atoms with van der Waals surface area (Å²) >= 11 is 3.35. The Bertz CT molecular complexity index is 1420. The Kier molecular flexibility index (Phi) is 5.17. The molecule has 0 aliphatic carbocycles. The normalized spacial score (nSPS) is 10.7. The molecule has 154 valence electrons. The molecule has 1 aromatic heterocycles. The van der Waals surface area contributed by atoms with Gasteiger partial charge < -0.3 is 9.72 Å². The number of nitrogens with zero attached hydrogens (tertiary/aromatic N) is 3. The maximum atomic E-state index is 12.5. The van der Waals surface area contributed by atoms with Crippen LogP contribution in [-0.4, -0.2) is 19.8 Å². The van der Waals surface area contributed by atoms with Crippen molar-refractivity contribution < 1.29 is 14.6 Å². The predicted octanol–water partition coefficient (Wildman–Crippen LogP) is 4.96. The molecule has 0 bridgehead atoms. The molecule has 31 heavy (non-hydrogen) atoms. The molecule has 0 saturated carbocycles. The SMILES string of the molecule is O=c1[nH]c(-c2cc(Br)ccc2Oc2ccc([N+](=O)[O-])cc2[N+](=O)[O-])nc2ccccc12. The van der Waals surface area contributed by atoms with Crippen LogP contribution in [0.4, 0.5) is 11.4 Å². The first kappa shape index (κ1) is 20.2. The molecule has 0 atom stereocenters. The number of nitro groups is 2. The Labute approximate surface area is 181 Å². The lowest BCUT2D eigenvalue weighted by Gasteiger charge is -2.12. The lowest BCUT2D eigenvalue weighted by molar-refractivity contribution is -0.394. The molecular weight excluding hydrogens is 472 g/mol. The van der Waals surface area contributed by atoms with Crippen molar-refractivity contribution in [3.8, 4) is 22.9 Å². The molecule has 1 heterocycles. The van der Waals surface area contributed by atoms with E-state index in [1.807, 2.05) is 0 Å². The third-order valence-electron chi connectivity index (χ3n) is 4.38. The van der Waals surface area contributed by atoms with Crippen molar-refractivity contribution in [2.75, 3.05) is 0 Å². The highest BCUT2D eigenvalue weighted by Gasteiger charge is 2.22. The number of para-hydroxylation sites is 1. The molecule has 0 aliphatic heterocycles. The number of rotatable bonds is 5. The Morgan fingerprint density at radius 3 is 2.42 bits per heavy atom. The summed E-state index contributed by atoms with van der Waals surface area (Å²) in [6.07, 6.45) is 0. The van der Waals surface area contributed by atoms with Gasteiger partial charge >= 0.3 is 5.69 Å². The smallest absolute Gasteiger partial charge is 0.318 e. The van der Waals surface area contributed by atoms with Crippen LogP contribution in [0, 0.1) is 20.2 Å². The highest BCUT2D eigenvalue weighted by molar-refractivity contribution is 9.10. The monoisotopic (exact) mass is 482 g/mol. The van der Waals surface area contributed by atoms with Gasteiger partial charge in [0.25, 0.3) is 11.2 Å². The van der Waals surface area contributed by atoms with Crippen LogP contribution in [0.1, 0.15) is 0 Å². The van der Waals surface area contributed by atoms with Gasteiger partial charge in [0.15, 0.2) is 0 Å². The van der Waals surface area contributed by atoms with Gasteiger partial charge in [-0.1, -0.05) is 28.1 Å². The van der Waals surface area contributed by atoms with Crippen molar-refractivity contribution in [3.63, 3.8) is 0 Å². The summed E-state index contributed by atoms with van der Waals surface area (Å²) in [7, 11) is 0. The number of hydrogen-bond donors (Lipinski definition) is 1. The van der Waals surface area contributed by atoms with Crippen molar-refractivity contribution in [1.82, 2.24) is 9.97 Å². The average molecular weight is 483 g/mol. The number of aromatic nitrogens is 2. The van der Waals surface area contributed by atoms with E-state index in [1.165, 1.54) is 0 Å². The van der Waals surface area contributed by atoms with Gasteiger partial charge in [0.1, 0.15) is 11.6 Å². The zero-order chi connectivity index (χ0) is 22.1. The second-order valence-electron chi connectivity index (χ2n) is 6.34. The number of non-ortho nitro benzene ring substituents is 1. The van der Waals surface area contributed by atoms with Gasteiger partial charge in [0.2, 0.25) is 5.75 Å². The summed E-state index contributed by atoms with van der Waals surface area (Å²) in [6, 6.07) is 14.7. The molecule has 3 aromatic carbocycles. The van der Waals surface area contributed by atoms with E-state index in [9.17, 15) is 25.0 Å². The van der Waals surface area contributed by atoms with E-state index < -0.39 is 21.2 Å². The van der Waals surface area contributed by atoms with Gasteiger partial charge in [-0.2, -0.15) is 0 Å². The summed E-state index contributed by atoms with van der Waals surface area (Å²) < 4.78 is 6.41.